The third kappa shape index (κ3) is 3.67. The highest BCUT2D eigenvalue weighted by Crippen LogP contribution is 2.28. The Kier molecular flexibility index (Phi) is 5.03. The van der Waals surface area contributed by atoms with Crippen LogP contribution in [0.4, 0.5) is 0 Å². The molecule has 128 valence electrons. The van der Waals surface area contributed by atoms with Crippen LogP contribution in [0.15, 0.2) is 29.7 Å². The predicted octanol–water partition coefficient (Wildman–Crippen LogP) is 1.98. The summed E-state index contributed by atoms with van der Waals surface area (Å²) in [7, 11) is -6.94. The molecular formula is C16H23NO4S2. The molecule has 0 saturated carbocycles. The number of benzene rings is 1. The number of sulfonamides is 1. The molecule has 1 atom stereocenters. The van der Waals surface area contributed by atoms with Crippen LogP contribution in [0.2, 0.25) is 0 Å². The van der Waals surface area contributed by atoms with Gasteiger partial charge in [0.25, 0.3) is 0 Å². The van der Waals surface area contributed by atoms with E-state index in [9.17, 15) is 16.8 Å². The second kappa shape index (κ2) is 6.37. The average molecular weight is 357 g/mol. The van der Waals surface area contributed by atoms with Gasteiger partial charge in [0.1, 0.15) is 0 Å². The third-order valence-electron chi connectivity index (χ3n) is 4.30. The molecule has 23 heavy (non-hydrogen) atoms. The molecular weight excluding hydrogens is 334 g/mol. The van der Waals surface area contributed by atoms with Gasteiger partial charge in [-0.05, 0) is 49.9 Å². The molecule has 0 amide bonds. The van der Waals surface area contributed by atoms with Crippen molar-refractivity contribution in [3.63, 3.8) is 0 Å². The van der Waals surface area contributed by atoms with Crippen molar-refractivity contribution in [1.29, 1.82) is 0 Å². The van der Waals surface area contributed by atoms with Crippen molar-refractivity contribution in [3.05, 3.63) is 41.5 Å². The van der Waals surface area contributed by atoms with Crippen LogP contribution < -0.4 is 0 Å². The van der Waals surface area contributed by atoms with E-state index in [1.807, 2.05) is 19.9 Å². The lowest BCUT2D eigenvalue weighted by Crippen LogP contribution is -2.41. The molecule has 0 aliphatic carbocycles. The Balaban J connectivity index is 2.50. The second-order valence-corrected chi connectivity index (χ2v) is 10.2. The van der Waals surface area contributed by atoms with Gasteiger partial charge in [0.05, 0.1) is 16.4 Å². The van der Waals surface area contributed by atoms with E-state index in [2.05, 4.69) is 6.58 Å². The molecule has 0 aromatic heterocycles. The Morgan fingerprint density at radius 3 is 2.35 bits per heavy atom. The highest BCUT2D eigenvalue weighted by Gasteiger charge is 2.38. The fourth-order valence-electron chi connectivity index (χ4n) is 2.91. The van der Waals surface area contributed by atoms with E-state index < -0.39 is 25.9 Å². The summed E-state index contributed by atoms with van der Waals surface area (Å²) in [5, 5.41) is 0. The summed E-state index contributed by atoms with van der Waals surface area (Å²) in [6, 6.07) is 2.99. The second-order valence-electron chi connectivity index (χ2n) is 6.12. The Morgan fingerprint density at radius 1 is 1.22 bits per heavy atom. The minimum absolute atomic E-state index is 0.0345. The Bertz CT molecular complexity index is 826. The SMILES string of the molecule is C=CCN([C@@H]1CCS(=O)(=O)C1)S(=O)(=O)c1cc(C)c(C)cc1C. The zero-order valence-electron chi connectivity index (χ0n) is 13.7. The Morgan fingerprint density at radius 2 is 1.83 bits per heavy atom. The summed E-state index contributed by atoms with van der Waals surface area (Å²) in [6.07, 6.45) is 1.83. The zero-order chi connectivity index (χ0) is 17.4. The molecule has 1 heterocycles. The smallest absolute Gasteiger partial charge is 0.229 e. The summed E-state index contributed by atoms with van der Waals surface area (Å²) < 4.78 is 50.9. The molecule has 1 saturated heterocycles. The molecule has 0 unspecified atom stereocenters. The van der Waals surface area contributed by atoms with Crippen molar-refractivity contribution in [2.24, 2.45) is 0 Å². The van der Waals surface area contributed by atoms with E-state index in [-0.39, 0.29) is 22.9 Å². The van der Waals surface area contributed by atoms with E-state index >= 15 is 0 Å². The Labute approximate surface area is 139 Å². The largest absolute Gasteiger partial charge is 0.243 e. The summed E-state index contributed by atoms with van der Waals surface area (Å²) in [6.45, 7) is 9.28. The number of nitrogens with zero attached hydrogens (tertiary/aromatic N) is 1. The maximum absolute atomic E-state index is 13.1. The number of aryl methyl sites for hydroxylation is 3. The molecule has 0 bridgehead atoms. The molecule has 0 N–H and O–H groups in total. The first-order valence-electron chi connectivity index (χ1n) is 7.49. The number of rotatable bonds is 5. The predicted molar refractivity (Wildman–Crippen MR) is 91.8 cm³/mol. The maximum Gasteiger partial charge on any atom is 0.243 e. The number of sulfone groups is 1. The van der Waals surface area contributed by atoms with Gasteiger partial charge in [-0.2, -0.15) is 4.31 Å². The van der Waals surface area contributed by atoms with Gasteiger partial charge in [0, 0.05) is 12.6 Å². The van der Waals surface area contributed by atoms with E-state index in [0.717, 1.165) is 11.1 Å². The summed E-state index contributed by atoms with van der Waals surface area (Å²) in [5.41, 5.74) is 2.59. The van der Waals surface area contributed by atoms with E-state index in [0.29, 0.717) is 12.0 Å². The van der Waals surface area contributed by atoms with Crippen LogP contribution in [0.25, 0.3) is 0 Å². The van der Waals surface area contributed by atoms with E-state index in [1.54, 1.807) is 13.0 Å². The van der Waals surface area contributed by atoms with Crippen molar-refractivity contribution >= 4 is 19.9 Å². The van der Waals surface area contributed by atoms with Gasteiger partial charge in [-0.1, -0.05) is 12.1 Å². The topological polar surface area (TPSA) is 71.5 Å². The van der Waals surface area contributed by atoms with Crippen molar-refractivity contribution in [1.82, 2.24) is 4.31 Å². The minimum atomic E-state index is -3.77. The summed E-state index contributed by atoms with van der Waals surface area (Å²) in [4.78, 5) is 0.242. The third-order valence-corrected chi connectivity index (χ3v) is 8.11. The van der Waals surface area contributed by atoms with Crippen molar-refractivity contribution in [2.45, 2.75) is 38.1 Å². The van der Waals surface area contributed by atoms with Crippen LogP contribution in [-0.4, -0.2) is 45.2 Å². The van der Waals surface area contributed by atoms with Crippen LogP contribution >= 0.6 is 0 Å². The lowest BCUT2D eigenvalue weighted by molar-refractivity contribution is 0.367. The average Bonchev–Trinajstić information content (AvgIpc) is 2.79. The maximum atomic E-state index is 13.1. The van der Waals surface area contributed by atoms with Gasteiger partial charge in [-0.25, -0.2) is 16.8 Å². The van der Waals surface area contributed by atoms with E-state index in [4.69, 9.17) is 0 Å². The number of hydrogen-bond donors (Lipinski definition) is 0. The fraction of sp³-hybridized carbons (Fsp3) is 0.500. The molecule has 1 aliphatic rings. The van der Waals surface area contributed by atoms with Gasteiger partial charge in [0.15, 0.2) is 9.84 Å². The number of hydrogen-bond acceptors (Lipinski definition) is 4. The van der Waals surface area contributed by atoms with Crippen LogP contribution in [0, 0.1) is 20.8 Å². The van der Waals surface area contributed by atoms with Crippen LogP contribution in [0.5, 0.6) is 0 Å². The van der Waals surface area contributed by atoms with Crippen LogP contribution in [-0.2, 0) is 19.9 Å². The molecule has 1 aromatic carbocycles. The van der Waals surface area contributed by atoms with Crippen molar-refractivity contribution < 1.29 is 16.8 Å². The standard InChI is InChI=1S/C16H23NO4S2/c1-5-7-17(15-6-8-22(18,19)11-15)23(20,21)16-10-13(3)12(2)9-14(16)4/h5,9-10,15H,1,6-8,11H2,2-4H3/t15-/m1/s1. The van der Waals surface area contributed by atoms with Gasteiger partial charge < -0.3 is 0 Å². The zero-order valence-corrected chi connectivity index (χ0v) is 15.4. The molecule has 1 aliphatic heterocycles. The fourth-order valence-corrected chi connectivity index (χ4v) is 6.65. The van der Waals surface area contributed by atoms with Gasteiger partial charge in [0.2, 0.25) is 10.0 Å². The highest BCUT2D eigenvalue weighted by atomic mass is 32.2. The molecule has 5 nitrogen and oxygen atoms in total. The first-order chi connectivity index (χ1) is 10.6. The van der Waals surface area contributed by atoms with E-state index in [1.165, 1.54) is 10.4 Å². The minimum Gasteiger partial charge on any atom is -0.229 e. The lowest BCUT2D eigenvalue weighted by atomic mass is 10.1. The first-order valence-corrected chi connectivity index (χ1v) is 10.8. The summed E-state index contributed by atoms with van der Waals surface area (Å²) >= 11 is 0. The van der Waals surface area contributed by atoms with Crippen molar-refractivity contribution in [2.75, 3.05) is 18.1 Å². The van der Waals surface area contributed by atoms with Gasteiger partial charge in [-0.3, -0.25) is 0 Å². The first kappa shape index (κ1) is 18.2. The molecule has 1 fully saturated rings. The molecule has 0 spiro atoms. The molecule has 7 heteroatoms. The lowest BCUT2D eigenvalue weighted by Gasteiger charge is -2.27. The quantitative estimate of drug-likeness (QED) is 0.756. The molecule has 0 radical (unpaired) electrons. The highest BCUT2D eigenvalue weighted by molar-refractivity contribution is 7.92. The molecule has 1 aromatic rings. The van der Waals surface area contributed by atoms with Gasteiger partial charge >= 0.3 is 0 Å². The van der Waals surface area contributed by atoms with Gasteiger partial charge in [-0.15, -0.1) is 6.58 Å². The van der Waals surface area contributed by atoms with Crippen LogP contribution in [0.1, 0.15) is 23.1 Å². The summed E-state index contributed by atoms with van der Waals surface area (Å²) in [5.74, 6) is -0.0866. The monoisotopic (exact) mass is 357 g/mol. The normalized spacial score (nSPS) is 20.8. The van der Waals surface area contributed by atoms with Crippen LogP contribution in [0.3, 0.4) is 0 Å². The Hall–Kier alpha value is -1.18. The van der Waals surface area contributed by atoms with Crippen molar-refractivity contribution in [3.8, 4) is 0 Å². The molecule has 2 rings (SSSR count).